The van der Waals surface area contributed by atoms with Crippen LogP contribution in [0.15, 0.2) is 60.9 Å². The molecule has 34 heavy (non-hydrogen) atoms. The molecule has 3 heterocycles. The molecule has 0 saturated carbocycles. The number of methoxy groups -OCH3 is 1. The predicted octanol–water partition coefficient (Wildman–Crippen LogP) is 4.78. The van der Waals surface area contributed by atoms with Crippen LogP contribution in [-0.4, -0.2) is 52.8 Å². The number of carbonyl (C=O) groups excluding carboxylic acids is 1. The molecule has 0 saturated heterocycles. The molecular formula is C25H23ClN4O4. The van der Waals surface area contributed by atoms with Crippen LogP contribution < -0.4 is 9.47 Å². The molecule has 1 amide bonds. The van der Waals surface area contributed by atoms with E-state index in [4.69, 9.17) is 25.8 Å². The van der Waals surface area contributed by atoms with Gasteiger partial charge in [0.1, 0.15) is 18.4 Å². The average molecular weight is 479 g/mol. The molecule has 0 radical (unpaired) electrons. The zero-order valence-corrected chi connectivity index (χ0v) is 19.3. The molecule has 0 spiro atoms. The van der Waals surface area contributed by atoms with E-state index < -0.39 is 12.1 Å². The van der Waals surface area contributed by atoms with Gasteiger partial charge in [0.05, 0.1) is 6.61 Å². The number of nitrogens with zero attached hydrogens (tertiary/aromatic N) is 3. The van der Waals surface area contributed by atoms with Crippen molar-refractivity contribution in [2.45, 2.75) is 12.5 Å². The Morgan fingerprint density at radius 1 is 1.15 bits per heavy atom. The highest BCUT2D eigenvalue weighted by molar-refractivity contribution is 6.31. The third-order valence-corrected chi connectivity index (χ3v) is 5.99. The zero-order valence-electron chi connectivity index (χ0n) is 18.5. The number of ether oxygens (including phenoxy) is 3. The molecule has 5 rings (SSSR count). The number of hydrogen-bond donors (Lipinski definition) is 1. The highest BCUT2D eigenvalue weighted by Gasteiger charge is 2.36. The Morgan fingerprint density at radius 3 is 2.71 bits per heavy atom. The minimum absolute atomic E-state index is 0.249. The van der Waals surface area contributed by atoms with Gasteiger partial charge in [0.15, 0.2) is 0 Å². The van der Waals surface area contributed by atoms with E-state index in [1.165, 1.54) is 0 Å². The molecule has 2 aromatic heterocycles. The summed E-state index contributed by atoms with van der Waals surface area (Å²) in [6.07, 6.45) is 3.57. The minimum atomic E-state index is -0.459. The lowest BCUT2D eigenvalue weighted by atomic mass is 9.94. The van der Waals surface area contributed by atoms with Crippen molar-refractivity contribution in [2.75, 3.05) is 26.9 Å². The van der Waals surface area contributed by atoms with Gasteiger partial charge in [0.25, 0.3) is 0 Å². The lowest BCUT2D eigenvalue weighted by Gasteiger charge is -2.35. The van der Waals surface area contributed by atoms with Gasteiger partial charge >= 0.3 is 12.1 Å². The van der Waals surface area contributed by atoms with Gasteiger partial charge in [-0.1, -0.05) is 29.8 Å². The van der Waals surface area contributed by atoms with Crippen molar-refractivity contribution in [2.24, 2.45) is 0 Å². The number of rotatable bonds is 6. The van der Waals surface area contributed by atoms with Crippen LogP contribution in [-0.2, 0) is 11.2 Å². The number of halogens is 1. The van der Waals surface area contributed by atoms with Gasteiger partial charge < -0.3 is 19.2 Å². The van der Waals surface area contributed by atoms with E-state index in [-0.39, 0.29) is 6.01 Å². The second-order valence-corrected chi connectivity index (χ2v) is 8.31. The normalized spacial score (nSPS) is 15.2. The van der Waals surface area contributed by atoms with Crippen molar-refractivity contribution in [3.8, 4) is 11.8 Å². The van der Waals surface area contributed by atoms with E-state index in [1.807, 2.05) is 36.4 Å². The van der Waals surface area contributed by atoms with Crippen LogP contribution in [0.4, 0.5) is 4.79 Å². The maximum atomic E-state index is 13.3. The molecule has 1 unspecified atom stereocenters. The van der Waals surface area contributed by atoms with Crippen molar-refractivity contribution in [1.29, 1.82) is 0 Å². The van der Waals surface area contributed by atoms with Crippen LogP contribution in [0.5, 0.6) is 11.8 Å². The summed E-state index contributed by atoms with van der Waals surface area (Å²) < 4.78 is 16.2. The SMILES string of the molecule is COCCOc1ncc(C2c3[nH]c4ccc(Cl)cc4c3CCN2C(=O)Oc2ccccc2)cn1. The average Bonchev–Trinajstić information content (AvgIpc) is 3.22. The van der Waals surface area contributed by atoms with Crippen LogP contribution in [0.25, 0.3) is 10.9 Å². The fourth-order valence-electron chi connectivity index (χ4n) is 4.21. The number of aromatic amines is 1. The molecule has 0 aliphatic carbocycles. The first kappa shape index (κ1) is 22.2. The molecule has 4 aromatic rings. The number of hydrogen-bond acceptors (Lipinski definition) is 6. The van der Waals surface area contributed by atoms with E-state index in [0.717, 1.165) is 27.7 Å². The highest BCUT2D eigenvalue weighted by Crippen LogP contribution is 2.39. The maximum Gasteiger partial charge on any atom is 0.416 e. The smallest absolute Gasteiger partial charge is 0.416 e. The molecule has 0 bridgehead atoms. The molecule has 1 aliphatic rings. The van der Waals surface area contributed by atoms with E-state index in [2.05, 4.69) is 15.0 Å². The standard InChI is InChI=1S/C25H23ClN4O4/c1-32-11-12-33-24-27-14-16(15-28-24)23-22-19(20-13-17(26)7-8-21(20)29-22)9-10-30(23)25(31)34-18-5-3-2-4-6-18/h2-8,13-15,23,29H,9-12H2,1H3. The number of fused-ring (bicyclic) bond motifs is 3. The number of H-pyrrole nitrogens is 1. The van der Waals surface area contributed by atoms with Crippen molar-refractivity contribution in [3.05, 3.63) is 82.8 Å². The number of aromatic nitrogens is 3. The Morgan fingerprint density at radius 2 is 1.94 bits per heavy atom. The lowest BCUT2D eigenvalue weighted by molar-refractivity contribution is 0.134. The number of benzene rings is 2. The van der Waals surface area contributed by atoms with Crippen LogP contribution in [0, 0.1) is 0 Å². The summed E-state index contributed by atoms with van der Waals surface area (Å²) in [6.45, 7) is 1.25. The molecule has 1 N–H and O–H groups in total. The van der Waals surface area contributed by atoms with Crippen molar-refractivity contribution >= 4 is 28.6 Å². The van der Waals surface area contributed by atoms with Gasteiger partial charge in [-0.05, 0) is 42.3 Å². The quantitative estimate of drug-likeness (QED) is 0.401. The first-order valence-electron chi connectivity index (χ1n) is 10.9. The molecule has 9 heteroatoms. The monoisotopic (exact) mass is 478 g/mol. The van der Waals surface area contributed by atoms with Gasteiger partial charge in [-0.3, -0.25) is 4.90 Å². The predicted molar refractivity (Wildman–Crippen MR) is 127 cm³/mol. The number of carbonyl (C=O) groups is 1. The zero-order chi connectivity index (χ0) is 23.5. The molecule has 1 atom stereocenters. The fraction of sp³-hybridized carbons (Fsp3) is 0.240. The highest BCUT2D eigenvalue weighted by atomic mass is 35.5. The lowest BCUT2D eigenvalue weighted by Crippen LogP contribution is -2.42. The molecule has 2 aromatic carbocycles. The Bertz CT molecular complexity index is 1290. The van der Waals surface area contributed by atoms with Gasteiger partial charge in [-0.25, -0.2) is 14.8 Å². The summed E-state index contributed by atoms with van der Waals surface area (Å²) in [5.74, 6) is 0.485. The first-order valence-corrected chi connectivity index (χ1v) is 11.3. The second-order valence-electron chi connectivity index (χ2n) is 7.87. The van der Waals surface area contributed by atoms with E-state index >= 15 is 0 Å². The third-order valence-electron chi connectivity index (χ3n) is 5.75. The Balaban J connectivity index is 1.52. The molecule has 174 valence electrons. The Hall–Kier alpha value is -3.62. The van der Waals surface area contributed by atoms with Crippen molar-refractivity contribution in [3.63, 3.8) is 0 Å². The summed E-state index contributed by atoms with van der Waals surface area (Å²) in [5.41, 5.74) is 3.71. The molecule has 1 aliphatic heterocycles. The largest absolute Gasteiger partial charge is 0.461 e. The first-order chi connectivity index (χ1) is 16.6. The van der Waals surface area contributed by atoms with Crippen LogP contribution in [0.3, 0.4) is 0 Å². The van der Waals surface area contributed by atoms with Gasteiger partial charge in [-0.15, -0.1) is 0 Å². The van der Waals surface area contributed by atoms with E-state index in [9.17, 15) is 4.79 Å². The van der Waals surface area contributed by atoms with Crippen molar-refractivity contribution in [1.82, 2.24) is 19.9 Å². The van der Waals surface area contributed by atoms with Crippen LogP contribution in [0.2, 0.25) is 5.02 Å². The summed E-state index contributed by atoms with van der Waals surface area (Å²) in [7, 11) is 1.60. The summed E-state index contributed by atoms with van der Waals surface area (Å²) in [4.78, 5) is 27.1. The number of para-hydroxylation sites is 1. The number of nitrogens with one attached hydrogen (secondary N) is 1. The fourth-order valence-corrected chi connectivity index (χ4v) is 4.38. The van der Waals surface area contributed by atoms with Gasteiger partial charge in [0.2, 0.25) is 0 Å². The topological polar surface area (TPSA) is 89.6 Å². The van der Waals surface area contributed by atoms with Gasteiger partial charge in [0, 0.05) is 53.2 Å². The van der Waals surface area contributed by atoms with Gasteiger partial charge in [-0.2, -0.15) is 0 Å². The minimum Gasteiger partial charge on any atom is -0.461 e. The summed E-state index contributed by atoms with van der Waals surface area (Å²) >= 11 is 6.27. The second kappa shape index (κ2) is 9.70. The Kier molecular flexibility index (Phi) is 6.33. The van der Waals surface area contributed by atoms with Crippen molar-refractivity contribution < 1.29 is 19.0 Å². The van der Waals surface area contributed by atoms with E-state index in [0.29, 0.717) is 37.0 Å². The van der Waals surface area contributed by atoms with Crippen LogP contribution >= 0.6 is 11.6 Å². The summed E-state index contributed by atoms with van der Waals surface area (Å²) in [6, 6.07) is 14.6. The Labute approximate surface area is 201 Å². The molecular weight excluding hydrogens is 456 g/mol. The number of amides is 1. The van der Waals surface area contributed by atoms with Crippen LogP contribution in [0.1, 0.15) is 22.9 Å². The third kappa shape index (κ3) is 4.42. The maximum absolute atomic E-state index is 13.3. The van der Waals surface area contributed by atoms with E-state index in [1.54, 1.807) is 36.5 Å². The summed E-state index contributed by atoms with van der Waals surface area (Å²) in [5, 5.41) is 1.71. The molecule has 0 fully saturated rings. The molecule has 8 nitrogen and oxygen atoms in total.